The lowest BCUT2D eigenvalue weighted by molar-refractivity contribution is 0.638. The van der Waals surface area contributed by atoms with Crippen LogP contribution in [-0.2, 0) is 13.0 Å². The molecule has 0 saturated heterocycles. The Balaban J connectivity index is 2.50. The number of fused-ring (bicyclic) bond motifs is 1. The van der Waals surface area contributed by atoms with Crippen LogP contribution in [0.15, 0.2) is 0 Å². The minimum atomic E-state index is 0.990. The van der Waals surface area contributed by atoms with Gasteiger partial charge in [0.1, 0.15) is 0 Å². The summed E-state index contributed by atoms with van der Waals surface area (Å²) in [5.74, 6) is 0. The van der Waals surface area contributed by atoms with Gasteiger partial charge in [-0.2, -0.15) is 5.10 Å². The van der Waals surface area contributed by atoms with Crippen LogP contribution in [0.3, 0.4) is 0 Å². The van der Waals surface area contributed by atoms with Crippen molar-refractivity contribution in [3.63, 3.8) is 0 Å². The molecule has 0 bridgehead atoms. The number of hydrogen-bond donors (Lipinski definition) is 1. The Hall–Kier alpha value is -0.0351. The van der Waals surface area contributed by atoms with Gasteiger partial charge in [0, 0.05) is 30.7 Å². The molecule has 58 valence electrons. The van der Waals surface area contributed by atoms with Gasteiger partial charge in [-0.3, -0.25) is 0 Å². The summed E-state index contributed by atoms with van der Waals surface area (Å²) < 4.78 is 1.94. The number of hydrogen-bond acceptors (Lipinski definition) is 2. The topological polar surface area (TPSA) is 29.9 Å². The Morgan fingerprint density at radius 2 is 2.45 bits per heavy atom. The molecule has 1 aromatic rings. The van der Waals surface area contributed by atoms with Gasteiger partial charge in [-0.05, 0) is 0 Å². The molecular weight excluding hydrogens is 252 g/mol. The molecule has 0 atom stereocenters. The number of nitrogens with one attached hydrogen (secondary N) is 1. The first-order valence-electron chi connectivity index (χ1n) is 3.73. The average Bonchev–Trinajstić information content (AvgIpc) is 2.30. The predicted molar refractivity (Wildman–Crippen MR) is 55.2 cm³/mol. The van der Waals surface area contributed by atoms with Gasteiger partial charge < -0.3 is 5.32 Å². The van der Waals surface area contributed by atoms with E-state index in [0.29, 0.717) is 0 Å². The third kappa shape index (κ3) is 1.20. The number of rotatable bonds is 0. The zero-order valence-corrected chi connectivity index (χ0v) is 8.55. The van der Waals surface area contributed by atoms with Gasteiger partial charge in [-0.25, -0.2) is 2.90 Å². The molecule has 0 aliphatic carbocycles. The van der Waals surface area contributed by atoms with Crippen LogP contribution in [-0.4, -0.2) is 22.4 Å². The summed E-state index contributed by atoms with van der Waals surface area (Å²) in [6.07, 6.45) is 1.08. The molecule has 0 saturated carbocycles. The maximum atomic E-state index is 4.41. The standard InChI is InChI=1S/C6H9BIN3/c7-6-4-3-9-2-1-5(4)10-11(6)8/h9H,1-3,7H2. The SMILES string of the molecule is Bc1c2c(nn1I)CCNC2. The first-order chi connectivity index (χ1) is 5.29. The highest BCUT2D eigenvalue weighted by molar-refractivity contribution is 14.1. The Morgan fingerprint density at radius 3 is 3.18 bits per heavy atom. The zero-order valence-electron chi connectivity index (χ0n) is 6.39. The molecule has 1 aliphatic heterocycles. The zero-order chi connectivity index (χ0) is 7.84. The molecule has 0 amide bonds. The highest BCUT2D eigenvalue weighted by atomic mass is 127. The Kier molecular flexibility index (Phi) is 1.92. The van der Waals surface area contributed by atoms with Crippen molar-refractivity contribution < 1.29 is 0 Å². The minimum Gasteiger partial charge on any atom is -0.312 e. The van der Waals surface area contributed by atoms with Crippen molar-refractivity contribution in [2.75, 3.05) is 6.54 Å². The van der Waals surface area contributed by atoms with Gasteiger partial charge in [0.2, 0.25) is 0 Å². The van der Waals surface area contributed by atoms with E-state index in [-0.39, 0.29) is 0 Å². The minimum absolute atomic E-state index is 0.990. The molecule has 2 heterocycles. The lowest BCUT2D eigenvalue weighted by atomic mass is 9.95. The van der Waals surface area contributed by atoms with E-state index in [1.165, 1.54) is 16.9 Å². The van der Waals surface area contributed by atoms with Crippen molar-refractivity contribution in [3.8, 4) is 0 Å². The Labute approximate surface area is 80.4 Å². The molecule has 3 nitrogen and oxygen atoms in total. The fraction of sp³-hybridized carbons (Fsp3) is 0.500. The molecule has 0 fully saturated rings. The number of aromatic nitrogens is 2. The molecule has 1 aliphatic rings. The Bertz CT molecular complexity index is 284. The van der Waals surface area contributed by atoms with E-state index in [1.54, 1.807) is 0 Å². The lowest BCUT2D eigenvalue weighted by Crippen LogP contribution is -2.27. The molecular formula is C6H9BIN3. The smallest absolute Gasteiger partial charge is 0.165 e. The lowest BCUT2D eigenvalue weighted by Gasteiger charge is -2.11. The summed E-state index contributed by atoms with van der Waals surface area (Å²) in [5.41, 5.74) is 3.95. The summed E-state index contributed by atoms with van der Waals surface area (Å²) in [5, 5.41) is 7.75. The van der Waals surface area contributed by atoms with Gasteiger partial charge in [0.05, 0.1) is 28.6 Å². The summed E-state index contributed by atoms with van der Waals surface area (Å²) in [7, 11) is 2.12. The van der Waals surface area contributed by atoms with E-state index in [4.69, 9.17) is 0 Å². The second kappa shape index (κ2) is 2.78. The highest BCUT2D eigenvalue weighted by Gasteiger charge is 2.15. The summed E-state index contributed by atoms with van der Waals surface area (Å²) in [6, 6.07) is 0. The van der Waals surface area contributed by atoms with Crippen molar-refractivity contribution >= 4 is 36.3 Å². The molecule has 0 aromatic carbocycles. The number of nitrogens with zero attached hydrogens (tertiary/aromatic N) is 2. The third-order valence-corrected chi connectivity index (χ3v) is 3.05. The summed E-state index contributed by atoms with van der Waals surface area (Å²) >= 11 is 2.22. The molecule has 0 radical (unpaired) electrons. The van der Waals surface area contributed by atoms with Crippen molar-refractivity contribution in [1.29, 1.82) is 0 Å². The maximum Gasteiger partial charge on any atom is 0.165 e. The van der Waals surface area contributed by atoms with E-state index in [0.717, 1.165) is 19.5 Å². The molecule has 11 heavy (non-hydrogen) atoms. The summed E-state index contributed by atoms with van der Waals surface area (Å²) in [4.78, 5) is 0. The third-order valence-electron chi connectivity index (χ3n) is 2.11. The monoisotopic (exact) mass is 261 g/mol. The van der Waals surface area contributed by atoms with Gasteiger partial charge in [-0.1, -0.05) is 0 Å². The molecule has 2 rings (SSSR count). The molecule has 1 N–H and O–H groups in total. The van der Waals surface area contributed by atoms with Crippen molar-refractivity contribution in [2.45, 2.75) is 13.0 Å². The van der Waals surface area contributed by atoms with Crippen LogP contribution < -0.4 is 10.9 Å². The first kappa shape index (κ1) is 7.61. The largest absolute Gasteiger partial charge is 0.312 e. The second-order valence-corrected chi connectivity index (χ2v) is 3.71. The van der Waals surface area contributed by atoms with Crippen molar-refractivity contribution in [2.24, 2.45) is 0 Å². The van der Waals surface area contributed by atoms with Crippen LogP contribution in [0.4, 0.5) is 0 Å². The van der Waals surface area contributed by atoms with E-state index >= 15 is 0 Å². The highest BCUT2D eigenvalue weighted by Crippen LogP contribution is 2.09. The van der Waals surface area contributed by atoms with E-state index < -0.39 is 0 Å². The quantitative estimate of drug-likeness (QED) is 0.479. The van der Waals surface area contributed by atoms with Crippen molar-refractivity contribution in [3.05, 3.63) is 11.3 Å². The second-order valence-electron chi connectivity index (χ2n) is 2.80. The maximum absolute atomic E-state index is 4.41. The molecule has 0 unspecified atom stereocenters. The van der Waals surface area contributed by atoms with Crippen molar-refractivity contribution in [1.82, 2.24) is 13.3 Å². The van der Waals surface area contributed by atoms with Crippen LogP contribution in [0.1, 0.15) is 11.3 Å². The average molecular weight is 261 g/mol. The van der Waals surface area contributed by atoms with Crippen LogP contribution in [0, 0.1) is 0 Å². The fourth-order valence-electron chi connectivity index (χ4n) is 1.41. The van der Waals surface area contributed by atoms with Gasteiger partial charge in [0.15, 0.2) is 7.85 Å². The predicted octanol–water partition coefficient (Wildman–Crippen LogP) is -1.01. The van der Waals surface area contributed by atoms with Gasteiger partial charge >= 0.3 is 0 Å². The Morgan fingerprint density at radius 1 is 1.64 bits per heavy atom. The molecule has 5 heteroatoms. The number of halogens is 1. The first-order valence-corrected chi connectivity index (χ1v) is 4.70. The van der Waals surface area contributed by atoms with E-state index in [1.807, 2.05) is 2.90 Å². The normalized spacial score (nSPS) is 16.5. The molecule has 0 spiro atoms. The van der Waals surface area contributed by atoms with Crippen LogP contribution in [0.5, 0.6) is 0 Å². The molecule has 1 aromatic heterocycles. The van der Waals surface area contributed by atoms with E-state index in [9.17, 15) is 0 Å². The fourth-order valence-corrected chi connectivity index (χ4v) is 1.96. The van der Waals surface area contributed by atoms with E-state index in [2.05, 4.69) is 41.1 Å². The van der Waals surface area contributed by atoms with Crippen LogP contribution in [0.2, 0.25) is 0 Å². The summed E-state index contributed by atoms with van der Waals surface area (Å²) in [6.45, 7) is 2.06. The van der Waals surface area contributed by atoms with Gasteiger partial charge in [-0.15, -0.1) is 0 Å². The van der Waals surface area contributed by atoms with Crippen LogP contribution in [0.25, 0.3) is 0 Å². The van der Waals surface area contributed by atoms with Crippen LogP contribution >= 0.6 is 22.9 Å². The van der Waals surface area contributed by atoms with Gasteiger partial charge in [0.25, 0.3) is 0 Å².